The fourth-order valence-corrected chi connectivity index (χ4v) is 6.25. The first-order valence-electron chi connectivity index (χ1n) is 13.6. The van der Waals surface area contributed by atoms with Gasteiger partial charge in [0.2, 0.25) is 0 Å². The lowest BCUT2D eigenvalue weighted by atomic mass is 9.50. The SMILES string of the molecule is CCC#Cc1ccc(C(=O)NC2CC3(C2)CC(C(=O)O)C3)c2c1cnn2Cc1ccc(-c2ccccc2)cc1. The predicted molar refractivity (Wildman–Crippen MR) is 151 cm³/mol. The lowest BCUT2D eigenvalue weighted by molar-refractivity contribution is -0.155. The summed E-state index contributed by atoms with van der Waals surface area (Å²) in [7, 11) is 0. The summed E-state index contributed by atoms with van der Waals surface area (Å²) in [6.45, 7) is 2.55. The van der Waals surface area contributed by atoms with Gasteiger partial charge in [-0.15, -0.1) is 0 Å². The van der Waals surface area contributed by atoms with Gasteiger partial charge in [-0.25, -0.2) is 0 Å². The molecule has 39 heavy (non-hydrogen) atoms. The number of rotatable bonds is 6. The fourth-order valence-electron chi connectivity index (χ4n) is 6.25. The average molecular weight is 518 g/mol. The van der Waals surface area contributed by atoms with Gasteiger partial charge in [0.15, 0.2) is 0 Å². The smallest absolute Gasteiger partial charge is 0.306 e. The highest BCUT2D eigenvalue weighted by Crippen LogP contribution is 2.58. The molecule has 2 N–H and O–H groups in total. The Morgan fingerprint density at radius 3 is 2.41 bits per heavy atom. The first-order valence-corrected chi connectivity index (χ1v) is 13.6. The molecule has 0 radical (unpaired) electrons. The van der Waals surface area contributed by atoms with Gasteiger partial charge in [-0.3, -0.25) is 14.3 Å². The molecule has 6 rings (SSSR count). The summed E-state index contributed by atoms with van der Waals surface area (Å²) in [5.41, 5.74) is 5.76. The molecule has 0 unspecified atom stereocenters. The van der Waals surface area contributed by atoms with Gasteiger partial charge in [-0.2, -0.15) is 5.10 Å². The summed E-state index contributed by atoms with van der Waals surface area (Å²) >= 11 is 0. The number of hydrogen-bond acceptors (Lipinski definition) is 3. The van der Waals surface area contributed by atoms with Crippen molar-refractivity contribution in [1.82, 2.24) is 15.1 Å². The molecular weight excluding hydrogens is 486 g/mol. The van der Waals surface area contributed by atoms with E-state index in [0.717, 1.165) is 59.7 Å². The highest BCUT2D eigenvalue weighted by Gasteiger charge is 2.55. The maximum Gasteiger partial charge on any atom is 0.306 e. The van der Waals surface area contributed by atoms with Crippen LogP contribution in [-0.2, 0) is 11.3 Å². The van der Waals surface area contributed by atoms with E-state index in [1.165, 1.54) is 5.56 Å². The number of aliphatic carboxylic acids is 1. The largest absolute Gasteiger partial charge is 0.481 e. The Labute approximate surface area is 228 Å². The van der Waals surface area contributed by atoms with Crippen molar-refractivity contribution in [2.24, 2.45) is 11.3 Å². The van der Waals surface area contributed by atoms with Crippen LogP contribution in [0.4, 0.5) is 0 Å². The minimum absolute atomic E-state index is 0.0729. The second-order valence-corrected chi connectivity index (χ2v) is 11.0. The molecule has 196 valence electrons. The Hall–Kier alpha value is -4.37. The average Bonchev–Trinajstić information content (AvgIpc) is 3.32. The molecule has 1 amide bonds. The number of fused-ring (bicyclic) bond motifs is 1. The Morgan fingerprint density at radius 2 is 1.72 bits per heavy atom. The Bertz CT molecular complexity index is 1600. The molecule has 2 saturated carbocycles. The van der Waals surface area contributed by atoms with Crippen LogP contribution in [0, 0.1) is 23.2 Å². The number of hydrogen-bond donors (Lipinski definition) is 2. The monoisotopic (exact) mass is 517 g/mol. The number of aromatic nitrogens is 2. The van der Waals surface area contributed by atoms with Gasteiger partial charge in [0.1, 0.15) is 0 Å². The van der Waals surface area contributed by atoms with Crippen molar-refractivity contribution in [3.8, 4) is 23.0 Å². The van der Waals surface area contributed by atoms with E-state index in [9.17, 15) is 14.7 Å². The molecule has 2 aliphatic carbocycles. The third-order valence-corrected chi connectivity index (χ3v) is 8.24. The van der Waals surface area contributed by atoms with E-state index in [0.29, 0.717) is 12.1 Å². The van der Waals surface area contributed by atoms with Crippen molar-refractivity contribution >= 4 is 22.8 Å². The zero-order chi connectivity index (χ0) is 27.0. The van der Waals surface area contributed by atoms with Crippen LogP contribution < -0.4 is 5.32 Å². The maximum atomic E-state index is 13.5. The van der Waals surface area contributed by atoms with Crippen LogP contribution in [0.3, 0.4) is 0 Å². The van der Waals surface area contributed by atoms with Crippen LogP contribution in [0.15, 0.2) is 72.9 Å². The fraction of sp³-hybridized carbons (Fsp3) is 0.303. The summed E-state index contributed by atoms with van der Waals surface area (Å²) < 4.78 is 1.89. The summed E-state index contributed by atoms with van der Waals surface area (Å²) in [5, 5.41) is 18.0. The lowest BCUT2D eigenvalue weighted by Gasteiger charge is -2.56. The van der Waals surface area contributed by atoms with Crippen molar-refractivity contribution < 1.29 is 14.7 Å². The summed E-state index contributed by atoms with van der Waals surface area (Å²) in [6.07, 6.45) is 5.69. The topological polar surface area (TPSA) is 84.2 Å². The van der Waals surface area contributed by atoms with Gasteiger partial charge in [-0.1, -0.05) is 73.4 Å². The van der Waals surface area contributed by atoms with E-state index < -0.39 is 5.97 Å². The number of nitrogens with zero attached hydrogens (tertiary/aromatic N) is 2. The van der Waals surface area contributed by atoms with Crippen LogP contribution in [-0.4, -0.2) is 32.8 Å². The van der Waals surface area contributed by atoms with Crippen LogP contribution in [0.5, 0.6) is 0 Å². The number of carboxylic acid groups (broad SMARTS) is 1. The standard InChI is InChI=1S/C33H31N3O3/c1-2-3-7-25-14-15-28(31(37)35-27-18-33(19-27)16-26(17-33)32(38)39)30-29(25)20-34-36(30)21-22-10-12-24(13-11-22)23-8-5-4-6-9-23/h4-6,8-15,20,26-27H,2,16-19,21H2,1H3,(H,35,37)(H,38,39). The number of carbonyl (C=O) groups excluding carboxylic acids is 1. The molecule has 4 aromatic rings. The number of nitrogens with one attached hydrogen (secondary N) is 1. The third kappa shape index (κ3) is 4.81. The molecule has 2 fully saturated rings. The zero-order valence-electron chi connectivity index (χ0n) is 22.0. The molecule has 6 nitrogen and oxygen atoms in total. The molecule has 1 heterocycles. The second kappa shape index (κ2) is 10.1. The van der Waals surface area contributed by atoms with Crippen molar-refractivity contribution in [3.63, 3.8) is 0 Å². The first-order chi connectivity index (χ1) is 18.9. The van der Waals surface area contributed by atoms with Crippen molar-refractivity contribution in [2.75, 3.05) is 0 Å². The molecular formula is C33H31N3O3. The minimum atomic E-state index is -0.704. The number of amides is 1. The molecule has 1 aromatic heterocycles. The highest BCUT2D eigenvalue weighted by atomic mass is 16.4. The molecule has 0 atom stereocenters. The number of carboxylic acids is 1. The summed E-state index contributed by atoms with van der Waals surface area (Å²) in [4.78, 5) is 24.7. The van der Waals surface area contributed by atoms with Gasteiger partial charge < -0.3 is 10.4 Å². The van der Waals surface area contributed by atoms with Crippen molar-refractivity contribution in [2.45, 2.75) is 51.6 Å². The van der Waals surface area contributed by atoms with E-state index in [4.69, 9.17) is 0 Å². The molecule has 0 aliphatic heterocycles. The second-order valence-electron chi connectivity index (χ2n) is 11.0. The molecule has 0 saturated heterocycles. The van der Waals surface area contributed by atoms with Crippen molar-refractivity contribution in [3.05, 3.63) is 89.6 Å². The van der Waals surface area contributed by atoms with E-state index in [2.05, 4.69) is 58.7 Å². The third-order valence-electron chi connectivity index (χ3n) is 8.24. The number of carbonyl (C=O) groups is 2. The molecule has 1 spiro atoms. The van der Waals surface area contributed by atoms with Gasteiger partial charge in [0.05, 0.1) is 29.7 Å². The first kappa shape index (κ1) is 24.9. The van der Waals surface area contributed by atoms with Gasteiger partial charge in [0, 0.05) is 23.4 Å². The maximum absolute atomic E-state index is 13.5. The van der Waals surface area contributed by atoms with E-state index in [1.807, 2.05) is 48.1 Å². The normalized spacial score (nSPS) is 21.5. The van der Waals surface area contributed by atoms with Crippen molar-refractivity contribution in [1.29, 1.82) is 0 Å². The highest BCUT2D eigenvalue weighted by molar-refractivity contribution is 6.07. The molecule has 3 aromatic carbocycles. The Kier molecular flexibility index (Phi) is 6.44. The van der Waals surface area contributed by atoms with E-state index in [1.54, 1.807) is 0 Å². The Balaban J connectivity index is 1.24. The van der Waals surface area contributed by atoms with E-state index in [-0.39, 0.29) is 23.3 Å². The van der Waals surface area contributed by atoms with Gasteiger partial charge in [-0.05, 0) is 59.9 Å². The predicted octanol–water partition coefficient (Wildman–Crippen LogP) is 5.89. The zero-order valence-corrected chi connectivity index (χ0v) is 22.0. The Morgan fingerprint density at radius 1 is 1.00 bits per heavy atom. The van der Waals surface area contributed by atoms with E-state index >= 15 is 0 Å². The van der Waals surface area contributed by atoms with Gasteiger partial charge >= 0.3 is 5.97 Å². The molecule has 0 bridgehead atoms. The quantitative estimate of drug-likeness (QED) is 0.313. The summed E-state index contributed by atoms with van der Waals surface area (Å²) in [5.74, 6) is 5.31. The van der Waals surface area contributed by atoms with Gasteiger partial charge in [0.25, 0.3) is 5.91 Å². The van der Waals surface area contributed by atoms with Crippen LogP contribution in [0.1, 0.15) is 60.5 Å². The van der Waals surface area contributed by atoms with Crippen LogP contribution >= 0.6 is 0 Å². The lowest BCUT2D eigenvalue weighted by Crippen LogP contribution is -2.57. The molecule has 2 aliphatic rings. The van der Waals surface area contributed by atoms with Crippen LogP contribution in [0.2, 0.25) is 0 Å². The number of benzene rings is 3. The minimum Gasteiger partial charge on any atom is -0.481 e. The molecule has 6 heteroatoms. The van der Waals surface area contributed by atoms with Crippen LogP contribution in [0.25, 0.3) is 22.0 Å². The summed E-state index contributed by atoms with van der Waals surface area (Å²) in [6, 6.07) is 22.5.